The lowest BCUT2D eigenvalue weighted by Gasteiger charge is -2.31. The molecule has 0 amide bonds. The fourth-order valence-corrected chi connectivity index (χ4v) is 4.27. The predicted molar refractivity (Wildman–Crippen MR) is 113 cm³/mol. The first-order chi connectivity index (χ1) is 12.8. The number of aromatic nitrogens is 2. The van der Waals surface area contributed by atoms with Crippen molar-refractivity contribution < 1.29 is 4.74 Å². The van der Waals surface area contributed by atoms with Crippen LogP contribution in [0, 0.1) is 0 Å². The van der Waals surface area contributed by atoms with Crippen LogP contribution in [-0.4, -0.2) is 60.4 Å². The SMILES string of the molecule is CCC(CN1CCOCC1)n1cncc1-c1ccc2c(c1)CCN2CC.Cl. The van der Waals surface area contributed by atoms with Crippen molar-refractivity contribution in [3.8, 4) is 11.3 Å². The van der Waals surface area contributed by atoms with E-state index in [1.807, 2.05) is 12.5 Å². The largest absolute Gasteiger partial charge is 0.379 e. The van der Waals surface area contributed by atoms with E-state index in [1.54, 1.807) is 0 Å². The first kappa shape index (κ1) is 20.2. The molecule has 0 N–H and O–H groups in total. The van der Waals surface area contributed by atoms with Gasteiger partial charge in [-0.2, -0.15) is 0 Å². The molecule has 1 unspecified atom stereocenters. The molecular weight excluding hydrogens is 360 g/mol. The van der Waals surface area contributed by atoms with Crippen LogP contribution in [0.25, 0.3) is 11.3 Å². The summed E-state index contributed by atoms with van der Waals surface area (Å²) >= 11 is 0. The molecule has 1 fully saturated rings. The number of imidazole rings is 1. The maximum absolute atomic E-state index is 5.49. The Balaban J connectivity index is 0.00000210. The zero-order valence-electron chi connectivity index (χ0n) is 16.4. The highest BCUT2D eigenvalue weighted by Crippen LogP contribution is 2.33. The Labute approximate surface area is 168 Å². The molecule has 2 aliphatic rings. The molecule has 148 valence electrons. The molecule has 0 saturated carbocycles. The normalized spacial score (nSPS) is 18.2. The Morgan fingerprint density at radius 3 is 2.70 bits per heavy atom. The van der Waals surface area contributed by atoms with E-state index >= 15 is 0 Å². The van der Waals surface area contributed by atoms with Gasteiger partial charge < -0.3 is 14.2 Å². The number of likely N-dealkylation sites (N-methyl/N-ethyl adjacent to an activating group) is 1. The second-order valence-corrected chi connectivity index (χ2v) is 7.33. The van der Waals surface area contributed by atoms with Crippen molar-refractivity contribution in [2.24, 2.45) is 0 Å². The van der Waals surface area contributed by atoms with Crippen LogP contribution in [0.15, 0.2) is 30.7 Å². The Hall–Kier alpha value is -1.56. The topological polar surface area (TPSA) is 33.5 Å². The van der Waals surface area contributed by atoms with Gasteiger partial charge in [-0.15, -0.1) is 12.4 Å². The van der Waals surface area contributed by atoms with Gasteiger partial charge in [0.25, 0.3) is 0 Å². The van der Waals surface area contributed by atoms with Gasteiger partial charge in [0.2, 0.25) is 0 Å². The number of benzene rings is 1. The van der Waals surface area contributed by atoms with Gasteiger partial charge in [-0.1, -0.05) is 13.0 Å². The molecule has 0 bridgehead atoms. The van der Waals surface area contributed by atoms with Gasteiger partial charge in [-0.3, -0.25) is 4.90 Å². The third-order valence-corrected chi connectivity index (χ3v) is 5.85. The first-order valence-corrected chi connectivity index (χ1v) is 10.00. The summed E-state index contributed by atoms with van der Waals surface area (Å²) in [6.45, 7) is 11.6. The van der Waals surface area contributed by atoms with E-state index in [0.29, 0.717) is 6.04 Å². The van der Waals surface area contributed by atoms with Crippen LogP contribution in [-0.2, 0) is 11.2 Å². The van der Waals surface area contributed by atoms with E-state index in [2.05, 4.69) is 51.4 Å². The lowest BCUT2D eigenvalue weighted by Crippen LogP contribution is -2.39. The number of fused-ring (bicyclic) bond motifs is 1. The highest BCUT2D eigenvalue weighted by molar-refractivity contribution is 5.85. The number of morpholine rings is 1. The Bertz CT molecular complexity index is 742. The van der Waals surface area contributed by atoms with Crippen LogP contribution < -0.4 is 4.90 Å². The summed E-state index contributed by atoms with van der Waals surface area (Å²) in [7, 11) is 0. The number of nitrogens with zero attached hydrogens (tertiary/aromatic N) is 4. The standard InChI is InChI=1S/C21H30N4O.ClH/c1-3-19(15-23-9-11-26-12-10-23)25-16-22-14-21(25)17-5-6-20-18(13-17)7-8-24(20)4-2;/h5-6,13-14,16,19H,3-4,7-12,15H2,1-2H3;1H. The molecule has 4 rings (SSSR count). The van der Waals surface area contributed by atoms with Crippen LogP contribution >= 0.6 is 12.4 Å². The van der Waals surface area contributed by atoms with Crippen molar-refractivity contribution in [1.29, 1.82) is 0 Å². The summed E-state index contributed by atoms with van der Waals surface area (Å²) in [6.07, 6.45) is 6.29. The van der Waals surface area contributed by atoms with E-state index in [9.17, 15) is 0 Å². The van der Waals surface area contributed by atoms with Crippen molar-refractivity contribution in [3.63, 3.8) is 0 Å². The summed E-state index contributed by atoms with van der Waals surface area (Å²) in [5, 5.41) is 0. The second kappa shape index (κ2) is 9.09. The van der Waals surface area contributed by atoms with Crippen LogP contribution in [0.5, 0.6) is 0 Å². The van der Waals surface area contributed by atoms with Crippen LogP contribution in [0.1, 0.15) is 31.9 Å². The van der Waals surface area contributed by atoms with Gasteiger partial charge in [0.1, 0.15) is 0 Å². The molecule has 6 heteroatoms. The highest BCUT2D eigenvalue weighted by atomic mass is 35.5. The quantitative estimate of drug-likeness (QED) is 0.754. The zero-order valence-corrected chi connectivity index (χ0v) is 17.2. The minimum absolute atomic E-state index is 0. The molecule has 0 aliphatic carbocycles. The summed E-state index contributed by atoms with van der Waals surface area (Å²) in [5.74, 6) is 0. The van der Waals surface area contributed by atoms with Gasteiger partial charge >= 0.3 is 0 Å². The van der Waals surface area contributed by atoms with Crippen molar-refractivity contribution in [1.82, 2.24) is 14.5 Å². The molecule has 1 aromatic carbocycles. The van der Waals surface area contributed by atoms with E-state index in [1.165, 1.54) is 22.5 Å². The molecular formula is C21H31ClN4O. The lowest BCUT2D eigenvalue weighted by atomic mass is 10.1. The van der Waals surface area contributed by atoms with Gasteiger partial charge in [-0.25, -0.2) is 4.98 Å². The van der Waals surface area contributed by atoms with Gasteiger partial charge in [-0.05, 0) is 37.5 Å². The summed E-state index contributed by atoms with van der Waals surface area (Å²) < 4.78 is 7.87. The van der Waals surface area contributed by atoms with Crippen LogP contribution in [0.2, 0.25) is 0 Å². The number of halogens is 1. The third kappa shape index (κ3) is 4.15. The van der Waals surface area contributed by atoms with Crippen LogP contribution in [0.4, 0.5) is 5.69 Å². The molecule has 27 heavy (non-hydrogen) atoms. The van der Waals surface area contributed by atoms with Gasteiger partial charge in [0, 0.05) is 50.0 Å². The lowest BCUT2D eigenvalue weighted by molar-refractivity contribution is 0.0313. The number of ether oxygens (including phenoxy) is 1. The number of rotatable bonds is 6. The molecule has 1 saturated heterocycles. The first-order valence-electron chi connectivity index (χ1n) is 10.00. The molecule has 2 aliphatic heterocycles. The fraction of sp³-hybridized carbons (Fsp3) is 0.571. The van der Waals surface area contributed by atoms with E-state index in [4.69, 9.17) is 4.74 Å². The Morgan fingerprint density at radius 2 is 1.96 bits per heavy atom. The van der Waals surface area contributed by atoms with Crippen molar-refractivity contribution in [2.45, 2.75) is 32.7 Å². The summed E-state index contributed by atoms with van der Waals surface area (Å²) in [4.78, 5) is 9.47. The molecule has 0 spiro atoms. The molecule has 3 heterocycles. The van der Waals surface area contributed by atoms with E-state index in [-0.39, 0.29) is 12.4 Å². The average molecular weight is 391 g/mol. The Morgan fingerprint density at radius 1 is 1.15 bits per heavy atom. The monoisotopic (exact) mass is 390 g/mol. The van der Waals surface area contributed by atoms with Gasteiger partial charge in [0.15, 0.2) is 0 Å². The molecule has 1 aromatic heterocycles. The minimum Gasteiger partial charge on any atom is -0.379 e. The third-order valence-electron chi connectivity index (χ3n) is 5.85. The van der Waals surface area contributed by atoms with Crippen LogP contribution in [0.3, 0.4) is 0 Å². The number of hydrogen-bond acceptors (Lipinski definition) is 4. The Kier molecular flexibility index (Phi) is 6.79. The molecule has 5 nitrogen and oxygen atoms in total. The maximum Gasteiger partial charge on any atom is 0.0954 e. The summed E-state index contributed by atoms with van der Waals surface area (Å²) in [6, 6.07) is 7.38. The minimum atomic E-state index is 0. The van der Waals surface area contributed by atoms with Gasteiger partial charge in [0.05, 0.1) is 31.4 Å². The smallest absolute Gasteiger partial charge is 0.0954 e. The maximum atomic E-state index is 5.49. The zero-order chi connectivity index (χ0) is 17.9. The molecule has 2 aromatic rings. The fourth-order valence-electron chi connectivity index (χ4n) is 4.27. The van der Waals surface area contributed by atoms with Crippen molar-refractivity contribution in [3.05, 3.63) is 36.3 Å². The van der Waals surface area contributed by atoms with E-state index < -0.39 is 0 Å². The van der Waals surface area contributed by atoms with E-state index in [0.717, 1.165) is 58.8 Å². The van der Waals surface area contributed by atoms with Crippen molar-refractivity contribution in [2.75, 3.05) is 50.8 Å². The molecule has 0 radical (unpaired) electrons. The number of hydrogen-bond donors (Lipinski definition) is 0. The average Bonchev–Trinajstić information content (AvgIpc) is 3.33. The second-order valence-electron chi connectivity index (χ2n) is 7.33. The summed E-state index contributed by atoms with van der Waals surface area (Å²) in [5.41, 5.74) is 5.41. The predicted octanol–water partition coefficient (Wildman–Crippen LogP) is 3.64. The van der Waals surface area contributed by atoms with Crippen molar-refractivity contribution >= 4 is 18.1 Å². The highest BCUT2D eigenvalue weighted by Gasteiger charge is 2.21. The number of anilines is 1. The molecule has 1 atom stereocenters.